The molecule has 0 spiro atoms. The molecule has 158 valence electrons. The van der Waals surface area contributed by atoms with Gasteiger partial charge < -0.3 is 11.5 Å². The maximum atomic E-state index is 9.77. The number of nitriles is 1. The highest BCUT2D eigenvalue weighted by Crippen LogP contribution is 2.43. The van der Waals surface area contributed by atoms with Crippen LogP contribution < -0.4 is 11.5 Å². The second-order valence-electron chi connectivity index (χ2n) is 9.03. The lowest BCUT2D eigenvalue weighted by molar-refractivity contribution is 0.116. The Morgan fingerprint density at radius 1 is 0.704 bits per heavy atom. The zero-order valence-electron chi connectivity index (χ0n) is 18.1. The van der Waals surface area contributed by atoms with Crippen LogP contribution in [-0.2, 0) is 0 Å². The molecule has 0 aliphatic heterocycles. The zero-order chi connectivity index (χ0) is 19.7. The normalized spacial score (nSPS) is 25.4. The molecule has 0 amide bonds. The highest BCUT2D eigenvalue weighted by atomic mass is 14.5. The molecular formula is C24H47N3. The molecule has 0 aromatic carbocycles. The van der Waals surface area contributed by atoms with Gasteiger partial charge in [0.1, 0.15) is 0 Å². The van der Waals surface area contributed by atoms with Gasteiger partial charge in [0, 0.05) is 0 Å². The first-order chi connectivity index (χ1) is 13.2. The van der Waals surface area contributed by atoms with Gasteiger partial charge in [-0.15, -0.1) is 0 Å². The van der Waals surface area contributed by atoms with Crippen molar-refractivity contribution in [3.63, 3.8) is 0 Å². The zero-order valence-corrected chi connectivity index (χ0v) is 18.1. The predicted molar refractivity (Wildman–Crippen MR) is 117 cm³/mol. The number of unbranched alkanes of at least 4 members (excludes halogenated alkanes) is 10. The van der Waals surface area contributed by atoms with Crippen LogP contribution in [0, 0.1) is 35.0 Å². The Labute approximate surface area is 169 Å². The van der Waals surface area contributed by atoms with Crippen LogP contribution in [0.1, 0.15) is 110 Å². The van der Waals surface area contributed by atoms with E-state index in [1.54, 1.807) is 0 Å². The molecule has 3 heteroatoms. The van der Waals surface area contributed by atoms with Gasteiger partial charge in [0.25, 0.3) is 0 Å². The molecule has 4 unspecified atom stereocenters. The summed E-state index contributed by atoms with van der Waals surface area (Å²) in [4.78, 5) is 0. The molecule has 1 aliphatic rings. The van der Waals surface area contributed by atoms with Crippen LogP contribution >= 0.6 is 0 Å². The van der Waals surface area contributed by atoms with Gasteiger partial charge in [0.05, 0.1) is 12.0 Å². The number of rotatable bonds is 16. The number of nitrogens with two attached hydrogens (primary N) is 2. The van der Waals surface area contributed by atoms with Crippen LogP contribution in [0.4, 0.5) is 0 Å². The molecule has 0 aromatic heterocycles. The molecule has 0 bridgehead atoms. The van der Waals surface area contributed by atoms with Gasteiger partial charge in [0.15, 0.2) is 0 Å². The van der Waals surface area contributed by atoms with Gasteiger partial charge in [0.2, 0.25) is 0 Å². The van der Waals surface area contributed by atoms with Crippen molar-refractivity contribution < 1.29 is 0 Å². The van der Waals surface area contributed by atoms with Crippen LogP contribution in [0.3, 0.4) is 0 Å². The highest BCUT2D eigenvalue weighted by Gasteiger charge is 2.36. The molecule has 3 nitrogen and oxygen atoms in total. The van der Waals surface area contributed by atoms with Crippen LogP contribution in [-0.4, -0.2) is 13.1 Å². The molecule has 0 aromatic rings. The summed E-state index contributed by atoms with van der Waals surface area (Å²) >= 11 is 0. The molecule has 1 saturated carbocycles. The van der Waals surface area contributed by atoms with E-state index in [1.165, 1.54) is 103 Å². The first kappa shape index (κ1) is 24.4. The predicted octanol–water partition coefficient (Wildman–Crippen LogP) is 6.17. The smallest absolute Gasteiger partial charge is 0.0661 e. The summed E-state index contributed by atoms with van der Waals surface area (Å²) in [5, 5.41) is 9.77. The summed E-state index contributed by atoms with van der Waals surface area (Å²) < 4.78 is 0. The van der Waals surface area contributed by atoms with Crippen LogP contribution in [0.25, 0.3) is 0 Å². The lowest BCUT2D eigenvalue weighted by Gasteiger charge is -2.39. The van der Waals surface area contributed by atoms with E-state index in [0.29, 0.717) is 17.8 Å². The Balaban J connectivity index is 2.31. The van der Waals surface area contributed by atoms with Crippen molar-refractivity contribution in [2.45, 2.75) is 110 Å². The standard InChI is InChI=1S/C24H47N3/c1-21-16-17-22(14-10-6-2-4-8-12-18-25)23(24(21)20-27)15-11-7-3-5-9-13-19-26/h21-24H,2-19,25-26H2,1H3. The minimum absolute atomic E-state index is 0.297. The summed E-state index contributed by atoms with van der Waals surface area (Å²) in [6.45, 7) is 3.98. The second-order valence-corrected chi connectivity index (χ2v) is 9.03. The van der Waals surface area contributed by atoms with E-state index < -0.39 is 0 Å². The Kier molecular flexibility index (Phi) is 14.8. The van der Waals surface area contributed by atoms with Crippen molar-refractivity contribution in [1.29, 1.82) is 5.26 Å². The molecule has 4 N–H and O–H groups in total. The van der Waals surface area contributed by atoms with E-state index in [1.807, 2.05) is 0 Å². The molecule has 1 aliphatic carbocycles. The molecular weight excluding hydrogens is 330 g/mol. The van der Waals surface area contributed by atoms with E-state index in [0.717, 1.165) is 19.0 Å². The van der Waals surface area contributed by atoms with Crippen molar-refractivity contribution in [3.05, 3.63) is 0 Å². The lowest BCUT2D eigenvalue weighted by atomic mass is 9.64. The van der Waals surface area contributed by atoms with Gasteiger partial charge in [-0.05, 0) is 62.9 Å². The SMILES string of the molecule is CC1CCC(CCCCCCCCN)C(CCCCCCCCN)C1C#N. The topological polar surface area (TPSA) is 75.8 Å². The van der Waals surface area contributed by atoms with Gasteiger partial charge in [-0.1, -0.05) is 77.6 Å². The first-order valence-corrected chi connectivity index (χ1v) is 12.0. The Morgan fingerprint density at radius 3 is 1.70 bits per heavy atom. The molecule has 4 atom stereocenters. The van der Waals surface area contributed by atoms with Crippen molar-refractivity contribution in [2.24, 2.45) is 35.1 Å². The van der Waals surface area contributed by atoms with E-state index in [2.05, 4.69) is 13.0 Å². The fourth-order valence-corrected chi connectivity index (χ4v) is 5.07. The maximum absolute atomic E-state index is 9.77. The Morgan fingerprint density at radius 2 is 1.19 bits per heavy atom. The molecule has 0 saturated heterocycles. The minimum atomic E-state index is 0.297. The summed E-state index contributed by atoms with van der Waals surface area (Å²) in [7, 11) is 0. The molecule has 27 heavy (non-hydrogen) atoms. The van der Waals surface area contributed by atoms with E-state index >= 15 is 0 Å². The molecule has 1 rings (SSSR count). The number of hydrogen-bond acceptors (Lipinski definition) is 3. The molecule has 1 fully saturated rings. The van der Waals surface area contributed by atoms with Crippen molar-refractivity contribution >= 4 is 0 Å². The first-order valence-electron chi connectivity index (χ1n) is 12.0. The van der Waals surface area contributed by atoms with Crippen molar-refractivity contribution in [3.8, 4) is 6.07 Å². The maximum Gasteiger partial charge on any atom is 0.0661 e. The summed E-state index contributed by atoms with van der Waals surface area (Å²) in [6, 6.07) is 2.70. The Bertz CT molecular complexity index is 376. The lowest BCUT2D eigenvalue weighted by Crippen LogP contribution is -2.33. The average molecular weight is 378 g/mol. The summed E-state index contributed by atoms with van der Waals surface area (Å²) in [6.07, 6.45) is 20.9. The molecule has 0 radical (unpaired) electrons. The number of nitrogens with zero attached hydrogens (tertiary/aromatic N) is 1. The third kappa shape index (κ3) is 10.5. The van der Waals surface area contributed by atoms with Crippen molar-refractivity contribution in [2.75, 3.05) is 13.1 Å². The quantitative estimate of drug-likeness (QED) is 0.316. The summed E-state index contributed by atoms with van der Waals surface area (Å²) in [5.74, 6) is 2.34. The minimum Gasteiger partial charge on any atom is -0.330 e. The third-order valence-corrected chi connectivity index (χ3v) is 6.84. The fourth-order valence-electron chi connectivity index (χ4n) is 5.07. The average Bonchev–Trinajstić information content (AvgIpc) is 2.68. The highest BCUT2D eigenvalue weighted by molar-refractivity contribution is 4.97. The van der Waals surface area contributed by atoms with Crippen LogP contribution in [0.15, 0.2) is 0 Å². The van der Waals surface area contributed by atoms with Crippen LogP contribution in [0.2, 0.25) is 0 Å². The van der Waals surface area contributed by atoms with Gasteiger partial charge in [-0.25, -0.2) is 0 Å². The van der Waals surface area contributed by atoms with Crippen LogP contribution in [0.5, 0.6) is 0 Å². The van der Waals surface area contributed by atoms with Gasteiger partial charge >= 0.3 is 0 Å². The van der Waals surface area contributed by atoms with E-state index in [-0.39, 0.29) is 0 Å². The largest absolute Gasteiger partial charge is 0.330 e. The van der Waals surface area contributed by atoms with E-state index in [4.69, 9.17) is 11.5 Å². The van der Waals surface area contributed by atoms with Crippen molar-refractivity contribution in [1.82, 2.24) is 0 Å². The summed E-state index contributed by atoms with van der Waals surface area (Å²) in [5.41, 5.74) is 11.1. The van der Waals surface area contributed by atoms with Gasteiger partial charge in [-0.2, -0.15) is 5.26 Å². The number of hydrogen-bond donors (Lipinski definition) is 2. The molecule has 0 heterocycles. The third-order valence-electron chi connectivity index (χ3n) is 6.84. The second kappa shape index (κ2) is 16.4. The monoisotopic (exact) mass is 377 g/mol. The Hall–Kier alpha value is -0.590. The van der Waals surface area contributed by atoms with E-state index in [9.17, 15) is 5.26 Å². The fraction of sp³-hybridized carbons (Fsp3) is 0.958. The van der Waals surface area contributed by atoms with Gasteiger partial charge in [-0.3, -0.25) is 0 Å².